The van der Waals surface area contributed by atoms with Crippen molar-refractivity contribution >= 4 is 50.4 Å². The molecule has 0 unspecified atom stereocenters. The SMILES string of the molecule is Oc1ccc(-c2ccc([Si](c3ccccc3)(c3ccccc3)c3ccccc3)cc2)cc1-c1nc2ccccc2s1. The Labute approximate surface area is 244 Å². The highest BCUT2D eigenvalue weighted by Gasteiger charge is 2.41. The summed E-state index contributed by atoms with van der Waals surface area (Å²) >= 11 is 1.60. The number of hydrogen-bond donors (Lipinski definition) is 1. The predicted molar refractivity (Wildman–Crippen MR) is 176 cm³/mol. The first-order chi connectivity index (χ1) is 20.2. The van der Waals surface area contributed by atoms with Crippen LogP contribution in [0, 0.1) is 0 Å². The van der Waals surface area contributed by atoms with Crippen LogP contribution in [0.15, 0.2) is 158 Å². The maximum Gasteiger partial charge on any atom is 0.179 e. The highest BCUT2D eigenvalue weighted by Crippen LogP contribution is 2.37. The van der Waals surface area contributed by atoms with E-state index >= 15 is 0 Å². The summed E-state index contributed by atoms with van der Waals surface area (Å²) in [5, 5.41) is 17.0. The second-order valence-electron chi connectivity index (χ2n) is 10.1. The predicted octanol–water partition coefficient (Wildman–Crippen LogP) is 6.71. The van der Waals surface area contributed by atoms with Gasteiger partial charge in [-0.3, -0.25) is 0 Å². The smallest absolute Gasteiger partial charge is 0.179 e. The molecule has 0 aliphatic rings. The Balaban J connectivity index is 1.37. The lowest BCUT2D eigenvalue weighted by atomic mass is 10.0. The van der Waals surface area contributed by atoms with Crippen LogP contribution in [0.5, 0.6) is 5.75 Å². The van der Waals surface area contributed by atoms with Gasteiger partial charge >= 0.3 is 0 Å². The largest absolute Gasteiger partial charge is 0.507 e. The minimum Gasteiger partial charge on any atom is -0.507 e. The molecule has 0 spiro atoms. The third-order valence-electron chi connectivity index (χ3n) is 7.79. The summed E-state index contributed by atoms with van der Waals surface area (Å²) in [5.74, 6) is 0.244. The molecule has 1 aromatic heterocycles. The summed E-state index contributed by atoms with van der Waals surface area (Å²) < 4.78 is 1.11. The van der Waals surface area contributed by atoms with Crippen LogP contribution >= 0.6 is 11.3 Å². The van der Waals surface area contributed by atoms with Gasteiger partial charge in [-0.05, 0) is 56.1 Å². The zero-order valence-electron chi connectivity index (χ0n) is 22.3. The van der Waals surface area contributed by atoms with Crippen LogP contribution in [-0.2, 0) is 0 Å². The number of aromatic hydroxyl groups is 1. The molecule has 0 saturated heterocycles. The summed E-state index contributed by atoms with van der Waals surface area (Å²) in [6.07, 6.45) is 0. The molecule has 1 heterocycles. The van der Waals surface area contributed by atoms with Crippen LogP contribution in [0.25, 0.3) is 31.9 Å². The van der Waals surface area contributed by atoms with Gasteiger partial charge in [-0.1, -0.05) is 133 Å². The van der Waals surface area contributed by atoms with E-state index in [4.69, 9.17) is 4.98 Å². The lowest BCUT2D eigenvalue weighted by Crippen LogP contribution is -2.74. The van der Waals surface area contributed by atoms with Crippen molar-refractivity contribution in [2.24, 2.45) is 0 Å². The fraction of sp³-hybridized carbons (Fsp3) is 0. The maximum absolute atomic E-state index is 10.8. The number of benzene rings is 6. The van der Waals surface area contributed by atoms with Gasteiger partial charge in [0.1, 0.15) is 10.8 Å². The Bertz CT molecular complexity index is 1810. The molecular formula is C37H27NOSSi. The van der Waals surface area contributed by atoms with Crippen molar-refractivity contribution < 1.29 is 5.11 Å². The zero-order chi connectivity index (χ0) is 27.6. The van der Waals surface area contributed by atoms with E-state index in [1.165, 1.54) is 20.7 Å². The minimum atomic E-state index is -2.56. The summed E-state index contributed by atoms with van der Waals surface area (Å²) in [4.78, 5) is 4.79. The van der Waals surface area contributed by atoms with Gasteiger partial charge in [0.25, 0.3) is 0 Å². The van der Waals surface area contributed by atoms with Crippen molar-refractivity contribution in [1.29, 1.82) is 0 Å². The molecule has 2 nitrogen and oxygen atoms in total. The third-order valence-corrected chi connectivity index (χ3v) is 13.7. The quantitative estimate of drug-likeness (QED) is 0.181. The summed E-state index contributed by atoms with van der Waals surface area (Å²) in [6.45, 7) is 0. The van der Waals surface area contributed by atoms with E-state index in [2.05, 4.69) is 127 Å². The lowest BCUT2D eigenvalue weighted by molar-refractivity contribution is 0.477. The molecule has 6 aromatic carbocycles. The van der Waals surface area contributed by atoms with Crippen molar-refractivity contribution in [1.82, 2.24) is 4.98 Å². The van der Waals surface area contributed by atoms with Crippen LogP contribution in [-0.4, -0.2) is 18.2 Å². The summed E-state index contributed by atoms with van der Waals surface area (Å²) in [7, 11) is -2.56. The van der Waals surface area contributed by atoms with Crippen molar-refractivity contribution in [3.05, 3.63) is 158 Å². The Hall–Kier alpha value is -4.77. The van der Waals surface area contributed by atoms with E-state index in [-0.39, 0.29) is 5.75 Å². The molecular weight excluding hydrogens is 535 g/mol. The molecule has 0 radical (unpaired) electrons. The van der Waals surface area contributed by atoms with Gasteiger partial charge in [0.2, 0.25) is 0 Å². The van der Waals surface area contributed by atoms with E-state index < -0.39 is 8.07 Å². The first-order valence-electron chi connectivity index (χ1n) is 13.7. The second-order valence-corrected chi connectivity index (χ2v) is 15.0. The second kappa shape index (κ2) is 10.7. The van der Waals surface area contributed by atoms with Crippen LogP contribution in [0.3, 0.4) is 0 Å². The van der Waals surface area contributed by atoms with E-state index in [1.54, 1.807) is 17.4 Å². The number of nitrogens with zero attached hydrogens (tertiary/aromatic N) is 1. The highest BCUT2D eigenvalue weighted by atomic mass is 32.1. The fourth-order valence-corrected chi connectivity index (χ4v) is 11.6. The van der Waals surface area contributed by atoms with Gasteiger partial charge in [0.15, 0.2) is 8.07 Å². The number of para-hydroxylation sites is 1. The molecule has 1 N–H and O–H groups in total. The molecule has 41 heavy (non-hydrogen) atoms. The molecule has 4 heteroatoms. The average molecular weight is 562 g/mol. The standard InChI is InChI=1S/C37H27NOSSi/c39-35-25-22-28(26-33(35)37-38-34-18-10-11-19-36(34)40-37)27-20-23-32(24-21-27)41(29-12-4-1-5-13-29,30-14-6-2-7-15-30)31-16-8-3-9-17-31/h1-26,39H. The van der Waals surface area contributed by atoms with E-state index in [0.717, 1.165) is 31.9 Å². The highest BCUT2D eigenvalue weighted by molar-refractivity contribution is 7.21. The molecule has 0 fully saturated rings. The molecule has 196 valence electrons. The lowest BCUT2D eigenvalue weighted by Gasteiger charge is -2.34. The van der Waals surface area contributed by atoms with Gasteiger partial charge in [0, 0.05) is 0 Å². The first-order valence-corrected chi connectivity index (χ1v) is 16.5. The zero-order valence-corrected chi connectivity index (χ0v) is 24.1. The van der Waals surface area contributed by atoms with Crippen molar-refractivity contribution in [2.75, 3.05) is 0 Å². The topological polar surface area (TPSA) is 33.1 Å². The van der Waals surface area contributed by atoms with Gasteiger partial charge in [-0.15, -0.1) is 11.3 Å². The minimum absolute atomic E-state index is 0.244. The Morgan fingerprint density at radius 3 is 1.54 bits per heavy atom. The normalized spacial score (nSPS) is 11.5. The molecule has 7 rings (SSSR count). The van der Waals surface area contributed by atoms with Crippen LogP contribution < -0.4 is 20.7 Å². The van der Waals surface area contributed by atoms with E-state index in [1.807, 2.05) is 24.3 Å². The number of fused-ring (bicyclic) bond motifs is 1. The molecule has 0 aliphatic heterocycles. The molecule has 0 aliphatic carbocycles. The van der Waals surface area contributed by atoms with E-state index in [9.17, 15) is 5.11 Å². The Morgan fingerprint density at radius 1 is 0.488 bits per heavy atom. The number of phenols is 1. The number of thiazole rings is 1. The third kappa shape index (κ3) is 4.47. The molecule has 0 saturated carbocycles. The van der Waals surface area contributed by atoms with Crippen LogP contribution in [0.2, 0.25) is 0 Å². The number of phenolic OH excluding ortho intramolecular Hbond substituents is 1. The maximum atomic E-state index is 10.8. The van der Waals surface area contributed by atoms with Gasteiger partial charge in [-0.25, -0.2) is 4.98 Å². The van der Waals surface area contributed by atoms with Crippen molar-refractivity contribution in [3.8, 4) is 27.4 Å². The number of aromatic nitrogens is 1. The van der Waals surface area contributed by atoms with Crippen molar-refractivity contribution in [2.45, 2.75) is 0 Å². The molecule has 7 aromatic rings. The Morgan fingerprint density at radius 2 is 0.976 bits per heavy atom. The number of hydrogen-bond acceptors (Lipinski definition) is 3. The van der Waals surface area contributed by atoms with Gasteiger partial charge < -0.3 is 5.11 Å². The average Bonchev–Trinajstić information content (AvgIpc) is 3.48. The van der Waals surface area contributed by atoms with Gasteiger partial charge in [-0.2, -0.15) is 0 Å². The van der Waals surface area contributed by atoms with E-state index in [0.29, 0.717) is 0 Å². The monoisotopic (exact) mass is 561 g/mol. The van der Waals surface area contributed by atoms with Gasteiger partial charge in [0.05, 0.1) is 15.8 Å². The molecule has 0 atom stereocenters. The number of rotatable bonds is 6. The summed E-state index contributed by atoms with van der Waals surface area (Å²) in [5.41, 5.74) is 3.86. The van der Waals surface area contributed by atoms with Crippen LogP contribution in [0.4, 0.5) is 0 Å². The molecule has 0 bridgehead atoms. The Kier molecular flexibility index (Phi) is 6.55. The fourth-order valence-electron chi connectivity index (χ4n) is 5.85. The summed E-state index contributed by atoms with van der Waals surface area (Å²) in [6, 6.07) is 55.8. The first kappa shape index (κ1) is 25.2. The van der Waals surface area contributed by atoms with Crippen molar-refractivity contribution in [3.63, 3.8) is 0 Å². The molecule has 0 amide bonds. The van der Waals surface area contributed by atoms with Crippen LogP contribution in [0.1, 0.15) is 0 Å².